The van der Waals surface area contributed by atoms with Gasteiger partial charge >= 0.3 is 0 Å². The van der Waals surface area contributed by atoms with Crippen LogP contribution < -0.4 is 0 Å². The Morgan fingerprint density at radius 1 is 1.33 bits per heavy atom. The number of nitrogens with zero attached hydrogens (tertiary/aromatic N) is 1. The van der Waals surface area contributed by atoms with E-state index in [2.05, 4.69) is 26.0 Å². The molecule has 1 aromatic carbocycles. The monoisotopic (exact) mass is 207 g/mol. The van der Waals surface area contributed by atoms with Gasteiger partial charge in [0.15, 0.2) is 6.79 Å². The first kappa shape index (κ1) is 10.6. The van der Waals surface area contributed by atoms with E-state index in [1.54, 1.807) is 0 Å². The van der Waals surface area contributed by atoms with Crippen molar-refractivity contribution in [3.05, 3.63) is 35.9 Å². The predicted molar refractivity (Wildman–Crippen MR) is 58.0 cm³/mol. The largest absolute Gasteiger partial charge is 0.330 e. The van der Waals surface area contributed by atoms with Gasteiger partial charge in [-0.2, -0.15) is 5.06 Å². The average Bonchev–Trinajstić information content (AvgIpc) is 2.60. The molecule has 15 heavy (non-hydrogen) atoms. The maximum absolute atomic E-state index is 5.65. The molecule has 0 saturated carbocycles. The molecule has 3 heteroatoms. The van der Waals surface area contributed by atoms with Crippen molar-refractivity contribution in [2.75, 3.05) is 13.3 Å². The molecule has 0 amide bonds. The zero-order valence-corrected chi connectivity index (χ0v) is 9.27. The second kappa shape index (κ2) is 4.31. The van der Waals surface area contributed by atoms with Crippen LogP contribution in [0.2, 0.25) is 0 Å². The minimum absolute atomic E-state index is 0.323. The Bertz CT molecular complexity index is 315. The van der Waals surface area contributed by atoms with Gasteiger partial charge in [0.05, 0.1) is 0 Å². The van der Waals surface area contributed by atoms with Gasteiger partial charge < -0.3 is 4.74 Å². The van der Waals surface area contributed by atoms with Crippen molar-refractivity contribution in [2.24, 2.45) is 0 Å². The van der Waals surface area contributed by atoms with Crippen LogP contribution in [0.25, 0.3) is 0 Å². The van der Waals surface area contributed by atoms with Crippen LogP contribution in [-0.4, -0.2) is 24.1 Å². The summed E-state index contributed by atoms with van der Waals surface area (Å²) >= 11 is 0. The molecule has 1 fully saturated rings. The minimum Gasteiger partial charge on any atom is -0.330 e. The topological polar surface area (TPSA) is 21.7 Å². The van der Waals surface area contributed by atoms with E-state index in [0.717, 1.165) is 13.0 Å². The highest BCUT2D eigenvalue weighted by atomic mass is 16.9. The Morgan fingerprint density at radius 3 is 2.73 bits per heavy atom. The smallest absolute Gasteiger partial charge is 0.169 e. The van der Waals surface area contributed by atoms with Crippen LogP contribution in [0.5, 0.6) is 0 Å². The van der Waals surface area contributed by atoms with Crippen molar-refractivity contribution in [1.82, 2.24) is 5.06 Å². The molecule has 1 heterocycles. The fourth-order valence-electron chi connectivity index (χ4n) is 1.97. The molecule has 1 aliphatic heterocycles. The molecule has 2 rings (SSSR count). The number of ether oxygens (including phenoxy) is 1. The molecule has 3 nitrogen and oxygen atoms in total. The first-order chi connectivity index (χ1) is 7.24. The van der Waals surface area contributed by atoms with Crippen LogP contribution in [0.3, 0.4) is 0 Å². The molecular formula is C12H17NO2. The molecular weight excluding hydrogens is 190 g/mol. The maximum atomic E-state index is 5.65. The van der Waals surface area contributed by atoms with Crippen LogP contribution in [0.1, 0.15) is 19.4 Å². The molecule has 1 saturated heterocycles. The normalized spacial score (nSPS) is 27.1. The summed E-state index contributed by atoms with van der Waals surface area (Å²) in [6.45, 7) is 5.33. The highest BCUT2D eigenvalue weighted by Crippen LogP contribution is 2.27. The van der Waals surface area contributed by atoms with Gasteiger partial charge in [-0.25, -0.2) is 0 Å². The predicted octanol–water partition coefficient (Wildman–Crippen LogP) is 2.19. The van der Waals surface area contributed by atoms with Gasteiger partial charge in [0.2, 0.25) is 0 Å². The second-order valence-electron chi connectivity index (χ2n) is 3.92. The summed E-state index contributed by atoms with van der Waals surface area (Å²) in [5, 5.41) is 1.90. The molecule has 1 aliphatic rings. The van der Waals surface area contributed by atoms with E-state index in [-0.39, 0.29) is 5.72 Å². The van der Waals surface area contributed by atoms with Crippen molar-refractivity contribution in [3.63, 3.8) is 0 Å². The first-order valence-corrected chi connectivity index (χ1v) is 5.33. The summed E-state index contributed by atoms with van der Waals surface area (Å²) in [7, 11) is 0. The third kappa shape index (κ3) is 2.20. The van der Waals surface area contributed by atoms with Crippen LogP contribution in [0.4, 0.5) is 0 Å². The third-order valence-corrected chi connectivity index (χ3v) is 2.77. The van der Waals surface area contributed by atoms with E-state index in [1.807, 2.05) is 23.3 Å². The lowest BCUT2D eigenvalue weighted by atomic mass is 10.0. The molecule has 0 aliphatic carbocycles. The number of hydroxylamine groups is 2. The number of hydrogen-bond donors (Lipinski definition) is 0. The molecule has 1 unspecified atom stereocenters. The first-order valence-electron chi connectivity index (χ1n) is 5.33. The zero-order valence-electron chi connectivity index (χ0n) is 9.27. The van der Waals surface area contributed by atoms with Crippen LogP contribution in [-0.2, 0) is 16.0 Å². The summed E-state index contributed by atoms with van der Waals surface area (Å²) in [5.41, 5.74) is 0.944. The van der Waals surface area contributed by atoms with Crippen LogP contribution >= 0.6 is 0 Å². The molecule has 0 aromatic heterocycles. The summed E-state index contributed by atoms with van der Waals surface area (Å²) in [5.74, 6) is 0. The van der Waals surface area contributed by atoms with Crippen molar-refractivity contribution in [1.29, 1.82) is 0 Å². The lowest BCUT2D eigenvalue weighted by Crippen LogP contribution is -2.43. The van der Waals surface area contributed by atoms with Gasteiger partial charge in [-0.05, 0) is 19.4 Å². The van der Waals surface area contributed by atoms with Gasteiger partial charge in [-0.1, -0.05) is 30.3 Å². The Balaban J connectivity index is 2.10. The SMILES string of the molecule is CCN1OCOC1(C)Cc1ccccc1. The summed E-state index contributed by atoms with van der Waals surface area (Å²) < 4.78 is 5.65. The minimum atomic E-state index is -0.323. The summed E-state index contributed by atoms with van der Waals surface area (Å²) in [6.07, 6.45) is 0.849. The van der Waals surface area contributed by atoms with E-state index in [4.69, 9.17) is 9.57 Å². The van der Waals surface area contributed by atoms with E-state index >= 15 is 0 Å². The van der Waals surface area contributed by atoms with Crippen molar-refractivity contribution < 1.29 is 9.57 Å². The molecule has 0 spiro atoms. The quantitative estimate of drug-likeness (QED) is 0.758. The molecule has 0 radical (unpaired) electrons. The van der Waals surface area contributed by atoms with E-state index in [0.29, 0.717) is 6.79 Å². The van der Waals surface area contributed by atoms with Gasteiger partial charge in [0, 0.05) is 13.0 Å². The van der Waals surface area contributed by atoms with Gasteiger partial charge in [0.1, 0.15) is 5.72 Å². The number of benzene rings is 1. The fraction of sp³-hybridized carbons (Fsp3) is 0.500. The van der Waals surface area contributed by atoms with Crippen molar-refractivity contribution in [3.8, 4) is 0 Å². The zero-order chi connectivity index (χ0) is 10.7. The van der Waals surface area contributed by atoms with Gasteiger partial charge in [-0.15, -0.1) is 0 Å². The van der Waals surface area contributed by atoms with Crippen molar-refractivity contribution >= 4 is 0 Å². The molecule has 0 N–H and O–H groups in total. The number of rotatable bonds is 3. The Labute approximate surface area is 90.6 Å². The van der Waals surface area contributed by atoms with E-state index < -0.39 is 0 Å². The Hall–Kier alpha value is -0.900. The summed E-state index contributed by atoms with van der Waals surface area (Å²) in [4.78, 5) is 5.40. The van der Waals surface area contributed by atoms with E-state index in [1.165, 1.54) is 5.56 Å². The highest BCUT2D eigenvalue weighted by molar-refractivity contribution is 5.16. The average molecular weight is 207 g/mol. The third-order valence-electron chi connectivity index (χ3n) is 2.77. The van der Waals surface area contributed by atoms with Crippen molar-refractivity contribution in [2.45, 2.75) is 26.0 Å². The number of hydrogen-bond acceptors (Lipinski definition) is 3. The molecule has 0 bridgehead atoms. The summed E-state index contributed by atoms with van der Waals surface area (Å²) in [6, 6.07) is 10.3. The maximum Gasteiger partial charge on any atom is 0.169 e. The van der Waals surface area contributed by atoms with Gasteiger partial charge in [0.25, 0.3) is 0 Å². The lowest BCUT2D eigenvalue weighted by molar-refractivity contribution is -0.165. The molecule has 1 atom stereocenters. The second-order valence-corrected chi connectivity index (χ2v) is 3.92. The lowest BCUT2D eigenvalue weighted by Gasteiger charge is -2.30. The Kier molecular flexibility index (Phi) is 3.05. The highest BCUT2D eigenvalue weighted by Gasteiger charge is 2.38. The fourth-order valence-corrected chi connectivity index (χ4v) is 1.97. The Morgan fingerprint density at radius 2 is 2.07 bits per heavy atom. The van der Waals surface area contributed by atoms with Crippen LogP contribution in [0.15, 0.2) is 30.3 Å². The van der Waals surface area contributed by atoms with Crippen LogP contribution in [0, 0.1) is 0 Å². The number of likely N-dealkylation sites (N-methyl/N-ethyl adjacent to an activating group) is 1. The molecule has 82 valence electrons. The standard InChI is InChI=1S/C12H17NO2/c1-3-13-12(2,14-10-15-13)9-11-7-5-4-6-8-11/h4-8H,3,9-10H2,1-2H3. The van der Waals surface area contributed by atoms with Gasteiger partial charge in [-0.3, -0.25) is 4.84 Å². The molecule has 1 aromatic rings. The van der Waals surface area contributed by atoms with E-state index in [9.17, 15) is 0 Å².